The van der Waals surface area contributed by atoms with E-state index in [1.54, 1.807) is 6.92 Å². The molecule has 1 heteroatoms. The first-order valence-corrected chi connectivity index (χ1v) is 2.55. The van der Waals surface area contributed by atoms with Crippen LogP contribution in [-0.4, -0.2) is 6.29 Å². The molecule has 0 fully saturated rings. The molecule has 0 aromatic carbocycles. The quantitative estimate of drug-likeness (QED) is 0.290. The number of aldehydes is 1. The Morgan fingerprint density at radius 1 is 1.67 bits per heavy atom. The van der Waals surface area contributed by atoms with Crippen molar-refractivity contribution in [1.82, 2.24) is 0 Å². The molecule has 0 saturated heterocycles. The summed E-state index contributed by atoms with van der Waals surface area (Å²) in [4.78, 5) is 9.81. The summed E-state index contributed by atoms with van der Waals surface area (Å²) in [5.41, 5.74) is 0.755. The van der Waals surface area contributed by atoms with Crippen LogP contribution >= 0.6 is 0 Å². The first-order valence-electron chi connectivity index (χ1n) is 2.55. The van der Waals surface area contributed by atoms with Crippen LogP contribution in [0.25, 0.3) is 0 Å². The lowest BCUT2D eigenvalue weighted by Crippen LogP contribution is -1.68. The first-order chi connectivity index (χ1) is 4.31. The third-order valence-corrected chi connectivity index (χ3v) is 0.689. The Morgan fingerprint density at radius 2 is 2.33 bits per heavy atom. The van der Waals surface area contributed by atoms with Gasteiger partial charge in [-0.05, 0) is 19.1 Å². The maximum atomic E-state index is 9.81. The highest BCUT2D eigenvalue weighted by Crippen LogP contribution is 1.84. The molecular weight excluding hydrogens is 112 g/mol. The van der Waals surface area contributed by atoms with E-state index in [0.717, 1.165) is 5.57 Å². The van der Waals surface area contributed by atoms with E-state index in [4.69, 9.17) is 0 Å². The molecule has 0 spiro atoms. The summed E-state index contributed by atoms with van der Waals surface area (Å²) in [5.74, 6) is 5.31. The fourth-order valence-corrected chi connectivity index (χ4v) is 0.309. The Bertz CT molecular complexity index is 188. The van der Waals surface area contributed by atoms with Crippen LogP contribution in [0.1, 0.15) is 6.92 Å². The normalized spacial score (nSPS) is 9.22. The Morgan fingerprint density at radius 3 is 2.78 bits per heavy atom. The minimum Gasteiger partial charge on any atom is -0.299 e. The van der Waals surface area contributed by atoms with Gasteiger partial charge >= 0.3 is 0 Å². The molecule has 46 valence electrons. The van der Waals surface area contributed by atoms with Gasteiger partial charge in [-0.25, -0.2) is 0 Å². The summed E-state index contributed by atoms with van der Waals surface area (Å²) in [5, 5.41) is 0. The van der Waals surface area contributed by atoms with Crippen LogP contribution in [0.2, 0.25) is 0 Å². The smallest absolute Gasteiger partial charge is 0.143 e. The van der Waals surface area contributed by atoms with Gasteiger partial charge in [0.2, 0.25) is 0 Å². The fourth-order valence-electron chi connectivity index (χ4n) is 0.309. The number of hydrogen-bond acceptors (Lipinski definition) is 1. The van der Waals surface area contributed by atoms with Gasteiger partial charge in [-0.15, -0.1) is 0 Å². The molecule has 0 bridgehead atoms. The van der Waals surface area contributed by atoms with Gasteiger partial charge < -0.3 is 0 Å². The molecule has 0 aromatic heterocycles. The predicted molar refractivity (Wildman–Crippen MR) is 37.8 cm³/mol. The van der Waals surface area contributed by atoms with Gasteiger partial charge in [0.25, 0.3) is 0 Å². The van der Waals surface area contributed by atoms with E-state index < -0.39 is 0 Å². The van der Waals surface area contributed by atoms with Gasteiger partial charge in [-0.2, -0.15) is 0 Å². The highest BCUT2D eigenvalue weighted by Gasteiger charge is 1.74. The van der Waals surface area contributed by atoms with Gasteiger partial charge in [0.05, 0.1) is 0 Å². The summed E-state index contributed by atoms with van der Waals surface area (Å²) in [7, 11) is 0. The predicted octanol–water partition coefficient (Wildman–Crippen LogP) is 1.32. The van der Waals surface area contributed by atoms with Crippen LogP contribution in [0.5, 0.6) is 0 Å². The molecule has 0 aromatic rings. The molecule has 0 N–H and O–H groups in total. The number of rotatable bonds is 1. The molecule has 0 radical (unpaired) electrons. The second-order valence-electron chi connectivity index (χ2n) is 1.46. The molecule has 0 atom stereocenters. The van der Waals surface area contributed by atoms with Crippen molar-refractivity contribution in [3.63, 3.8) is 0 Å². The lowest BCUT2D eigenvalue weighted by atomic mass is 10.3. The van der Waals surface area contributed by atoms with Crippen LogP contribution in [0.3, 0.4) is 0 Å². The Kier molecular flexibility index (Phi) is 4.16. The van der Waals surface area contributed by atoms with Gasteiger partial charge in [0, 0.05) is 5.57 Å². The summed E-state index contributed by atoms with van der Waals surface area (Å²) >= 11 is 0. The Balaban J connectivity index is 4.04. The summed E-state index contributed by atoms with van der Waals surface area (Å²) in [6.45, 7) is 5.17. The first kappa shape index (κ1) is 7.71. The van der Waals surface area contributed by atoms with E-state index in [2.05, 4.69) is 18.4 Å². The third kappa shape index (κ3) is 4.57. The van der Waals surface area contributed by atoms with Crippen LogP contribution in [0.15, 0.2) is 24.3 Å². The van der Waals surface area contributed by atoms with E-state index in [9.17, 15) is 4.79 Å². The summed E-state index contributed by atoms with van der Waals surface area (Å²) in [6, 6.07) is 0. The Hall–Kier alpha value is -1.29. The number of carbonyl (C=O) groups excluding carboxylic acids is 1. The topological polar surface area (TPSA) is 17.1 Å². The summed E-state index contributed by atoms with van der Waals surface area (Å²) in [6.07, 6.45) is 3.62. The third-order valence-electron chi connectivity index (χ3n) is 0.689. The standard InChI is InChI=1S/C8H8O/c1-3-4-5-8(2)6-7-9/h3,6-7H,1H2,2H3/b8-6-. The minimum absolute atomic E-state index is 0.715. The number of carbonyl (C=O) groups is 1. The SMILES string of the molecule is C=CC#C/C(C)=C\C=O. The molecule has 0 saturated carbocycles. The van der Waals surface area contributed by atoms with E-state index >= 15 is 0 Å². The maximum Gasteiger partial charge on any atom is 0.143 e. The fraction of sp³-hybridized carbons (Fsp3) is 0.125. The highest BCUT2D eigenvalue weighted by atomic mass is 16.1. The molecule has 0 heterocycles. The molecular formula is C8H8O. The number of hydrogen-bond donors (Lipinski definition) is 0. The van der Waals surface area contributed by atoms with Crippen molar-refractivity contribution in [3.05, 3.63) is 24.3 Å². The molecule has 0 aliphatic carbocycles. The molecule has 0 unspecified atom stereocenters. The zero-order valence-electron chi connectivity index (χ0n) is 5.35. The van der Waals surface area contributed by atoms with E-state index in [1.165, 1.54) is 12.2 Å². The zero-order chi connectivity index (χ0) is 7.11. The van der Waals surface area contributed by atoms with Gasteiger partial charge in [0.1, 0.15) is 6.29 Å². The van der Waals surface area contributed by atoms with Crippen molar-refractivity contribution in [2.45, 2.75) is 6.92 Å². The summed E-state index contributed by atoms with van der Waals surface area (Å²) < 4.78 is 0. The van der Waals surface area contributed by atoms with Crippen molar-refractivity contribution in [3.8, 4) is 11.8 Å². The van der Waals surface area contributed by atoms with Crippen LogP contribution in [0.4, 0.5) is 0 Å². The minimum atomic E-state index is 0.715. The molecule has 0 amide bonds. The molecule has 0 aliphatic heterocycles. The van der Waals surface area contributed by atoms with Gasteiger partial charge in [-0.3, -0.25) is 4.79 Å². The largest absolute Gasteiger partial charge is 0.299 e. The van der Waals surface area contributed by atoms with E-state index in [0.29, 0.717) is 6.29 Å². The lowest BCUT2D eigenvalue weighted by molar-refractivity contribution is -0.104. The van der Waals surface area contributed by atoms with E-state index in [-0.39, 0.29) is 0 Å². The molecule has 9 heavy (non-hydrogen) atoms. The van der Waals surface area contributed by atoms with Crippen LogP contribution < -0.4 is 0 Å². The number of allylic oxidation sites excluding steroid dienone is 3. The average molecular weight is 120 g/mol. The van der Waals surface area contributed by atoms with Crippen molar-refractivity contribution in [2.75, 3.05) is 0 Å². The van der Waals surface area contributed by atoms with E-state index in [1.807, 2.05) is 0 Å². The average Bonchev–Trinajstić information content (AvgIpc) is 1.85. The maximum absolute atomic E-state index is 9.81. The van der Waals surface area contributed by atoms with Crippen LogP contribution in [-0.2, 0) is 4.79 Å². The zero-order valence-corrected chi connectivity index (χ0v) is 5.35. The second-order valence-corrected chi connectivity index (χ2v) is 1.46. The lowest BCUT2D eigenvalue weighted by Gasteiger charge is -1.76. The highest BCUT2D eigenvalue weighted by molar-refractivity contribution is 5.67. The van der Waals surface area contributed by atoms with Gasteiger partial charge in [0.15, 0.2) is 0 Å². The molecule has 0 aliphatic rings. The van der Waals surface area contributed by atoms with Gasteiger partial charge in [-0.1, -0.05) is 18.4 Å². The Labute approximate surface area is 55.1 Å². The van der Waals surface area contributed by atoms with Crippen molar-refractivity contribution in [2.24, 2.45) is 0 Å². The van der Waals surface area contributed by atoms with Crippen molar-refractivity contribution < 1.29 is 4.79 Å². The monoisotopic (exact) mass is 120 g/mol. The second kappa shape index (κ2) is 4.86. The van der Waals surface area contributed by atoms with Crippen molar-refractivity contribution in [1.29, 1.82) is 0 Å². The van der Waals surface area contributed by atoms with Crippen LogP contribution in [0, 0.1) is 11.8 Å². The molecule has 1 nitrogen and oxygen atoms in total. The molecule has 0 rings (SSSR count). The van der Waals surface area contributed by atoms with Crippen molar-refractivity contribution >= 4 is 6.29 Å².